The molecule has 15 heavy (non-hydrogen) atoms. The maximum Gasteiger partial charge on any atom is 0.290 e. The number of aromatic nitrogens is 1. The Morgan fingerprint density at radius 1 is 1.47 bits per heavy atom. The fraction of sp³-hybridized carbons (Fsp3) is 0.455. The number of nitrogens with zero attached hydrogens (tertiary/aromatic N) is 1. The van der Waals surface area contributed by atoms with Gasteiger partial charge in [-0.2, -0.15) is 0 Å². The summed E-state index contributed by atoms with van der Waals surface area (Å²) in [7, 11) is 0. The lowest BCUT2D eigenvalue weighted by Crippen LogP contribution is -2.16. The minimum atomic E-state index is -0.250. The molecule has 0 unspecified atom stereocenters. The Morgan fingerprint density at radius 2 is 1.93 bits per heavy atom. The standard InChI is InChI=1S/C8H11NO.C2H6.CH2O2/c1-3-9-5-4-7(2)6-8(9)10;1-2;2-1-3/h4-6H,3H2,1-2H3;1-2H3;1H,(H,2,3). The Morgan fingerprint density at radius 3 is 2.27 bits per heavy atom. The molecule has 0 aliphatic rings. The van der Waals surface area contributed by atoms with Crippen LogP contribution in [0.5, 0.6) is 0 Å². The highest BCUT2D eigenvalue weighted by Crippen LogP contribution is 1.89. The maximum absolute atomic E-state index is 11.0. The molecular formula is C11H19NO3. The first-order valence-corrected chi connectivity index (χ1v) is 4.90. The van der Waals surface area contributed by atoms with E-state index in [0.717, 1.165) is 12.1 Å². The molecule has 4 nitrogen and oxygen atoms in total. The molecule has 0 spiro atoms. The second-order valence-corrected chi connectivity index (χ2v) is 2.43. The van der Waals surface area contributed by atoms with Crippen molar-refractivity contribution in [2.75, 3.05) is 0 Å². The largest absolute Gasteiger partial charge is 0.483 e. The highest BCUT2D eigenvalue weighted by molar-refractivity contribution is 5.32. The summed E-state index contributed by atoms with van der Waals surface area (Å²) in [4.78, 5) is 19.4. The summed E-state index contributed by atoms with van der Waals surface area (Å²) in [5.41, 5.74) is 1.11. The van der Waals surface area contributed by atoms with Gasteiger partial charge < -0.3 is 9.67 Å². The van der Waals surface area contributed by atoms with Gasteiger partial charge in [-0.05, 0) is 25.5 Å². The van der Waals surface area contributed by atoms with Gasteiger partial charge in [0.2, 0.25) is 0 Å². The predicted molar refractivity (Wildman–Crippen MR) is 61.2 cm³/mol. The van der Waals surface area contributed by atoms with E-state index in [1.807, 2.05) is 40.0 Å². The molecule has 0 saturated carbocycles. The Labute approximate surface area is 90.2 Å². The van der Waals surface area contributed by atoms with Crippen LogP contribution in [0, 0.1) is 6.92 Å². The van der Waals surface area contributed by atoms with Gasteiger partial charge in [0.15, 0.2) is 0 Å². The molecule has 1 aromatic heterocycles. The number of aryl methyl sites for hydroxylation is 2. The number of pyridine rings is 1. The summed E-state index contributed by atoms with van der Waals surface area (Å²) < 4.78 is 1.67. The van der Waals surface area contributed by atoms with Crippen LogP contribution in [0.15, 0.2) is 23.1 Å². The molecule has 86 valence electrons. The van der Waals surface area contributed by atoms with Crippen LogP contribution in [0.25, 0.3) is 0 Å². The zero-order valence-electron chi connectivity index (χ0n) is 9.73. The van der Waals surface area contributed by atoms with Crippen LogP contribution in [-0.2, 0) is 11.3 Å². The van der Waals surface area contributed by atoms with E-state index < -0.39 is 0 Å². The lowest BCUT2D eigenvalue weighted by molar-refractivity contribution is -0.122. The first kappa shape index (κ1) is 15.9. The normalized spacial score (nSPS) is 7.73. The van der Waals surface area contributed by atoms with Gasteiger partial charge in [0.25, 0.3) is 12.0 Å². The smallest absolute Gasteiger partial charge is 0.290 e. The second kappa shape index (κ2) is 10.5. The van der Waals surface area contributed by atoms with Gasteiger partial charge in [0.1, 0.15) is 0 Å². The van der Waals surface area contributed by atoms with Gasteiger partial charge in [-0.15, -0.1) is 0 Å². The third-order valence-electron chi connectivity index (χ3n) is 1.49. The summed E-state index contributed by atoms with van der Waals surface area (Å²) in [6.45, 7) is 8.37. The van der Waals surface area contributed by atoms with Crippen LogP contribution >= 0.6 is 0 Å². The lowest BCUT2D eigenvalue weighted by Gasteiger charge is -1.99. The molecule has 0 aliphatic heterocycles. The molecule has 0 radical (unpaired) electrons. The van der Waals surface area contributed by atoms with Crippen molar-refractivity contribution in [1.82, 2.24) is 4.57 Å². The van der Waals surface area contributed by atoms with Gasteiger partial charge in [0.05, 0.1) is 0 Å². The summed E-state index contributed by atoms with van der Waals surface area (Å²) in [6.07, 6.45) is 1.82. The molecule has 1 rings (SSSR count). The third kappa shape index (κ3) is 7.49. The fourth-order valence-corrected chi connectivity index (χ4v) is 0.868. The van der Waals surface area contributed by atoms with Crippen molar-refractivity contribution in [2.45, 2.75) is 34.2 Å². The molecule has 4 heteroatoms. The molecule has 1 N–H and O–H groups in total. The molecule has 0 fully saturated rings. The molecular weight excluding hydrogens is 194 g/mol. The van der Waals surface area contributed by atoms with Crippen LogP contribution in [0.1, 0.15) is 26.3 Å². The number of carbonyl (C=O) groups is 1. The van der Waals surface area contributed by atoms with Crippen LogP contribution < -0.4 is 5.56 Å². The van der Waals surface area contributed by atoms with Gasteiger partial charge in [-0.1, -0.05) is 13.8 Å². The maximum atomic E-state index is 11.0. The van der Waals surface area contributed by atoms with Crippen molar-refractivity contribution >= 4 is 6.47 Å². The Hall–Kier alpha value is -1.58. The Kier molecular flexibility index (Phi) is 11.1. The Bertz CT molecular complexity index is 318. The van der Waals surface area contributed by atoms with E-state index in [2.05, 4.69) is 0 Å². The van der Waals surface area contributed by atoms with E-state index in [0.29, 0.717) is 0 Å². The highest BCUT2D eigenvalue weighted by atomic mass is 16.3. The molecule has 0 saturated heterocycles. The average Bonchev–Trinajstić information content (AvgIpc) is 2.22. The zero-order chi connectivity index (χ0) is 12.3. The van der Waals surface area contributed by atoms with E-state index in [1.165, 1.54) is 0 Å². The average molecular weight is 213 g/mol. The van der Waals surface area contributed by atoms with E-state index >= 15 is 0 Å². The SMILES string of the molecule is CC.CCn1ccc(C)cc1=O.O=CO. The van der Waals surface area contributed by atoms with E-state index in [4.69, 9.17) is 9.90 Å². The van der Waals surface area contributed by atoms with E-state index in [1.54, 1.807) is 10.6 Å². The van der Waals surface area contributed by atoms with Crippen LogP contribution in [0.2, 0.25) is 0 Å². The van der Waals surface area contributed by atoms with E-state index in [9.17, 15) is 4.79 Å². The van der Waals surface area contributed by atoms with Crippen molar-refractivity contribution in [3.63, 3.8) is 0 Å². The Balaban J connectivity index is 0. The summed E-state index contributed by atoms with van der Waals surface area (Å²) in [5.74, 6) is 0. The molecule has 1 heterocycles. The number of rotatable bonds is 1. The first-order valence-electron chi connectivity index (χ1n) is 4.90. The molecule has 0 aliphatic carbocycles. The van der Waals surface area contributed by atoms with Crippen LogP contribution in [0.4, 0.5) is 0 Å². The van der Waals surface area contributed by atoms with Crippen molar-refractivity contribution in [1.29, 1.82) is 0 Å². The van der Waals surface area contributed by atoms with Gasteiger partial charge in [-0.3, -0.25) is 9.59 Å². The topological polar surface area (TPSA) is 59.3 Å². The molecule has 0 aromatic carbocycles. The monoisotopic (exact) mass is 213 g/mol. The summed E-state index contributed by atoms with van der Waals surface area (Å²) >= 11 is 0. The van der Waals surface area contributed by atoms with Gasteiger partial charge in [0, 0.05) is 18.8 Å². The minimum Gasteiger partial charge on any atom is -0.483 e. The van der Waals surface area contributed by atoms with Crippen LogP contribution in [-0.4, -0.2) is 16.1 Å². The fourth-order valence-electron chi connectivity index (χ4n) is 0.868. The lowest BCUT2D eigenvalue weighted by atomic mass is 10.3. The van der Waals surface area contributed by atoms with Gasteiger partial charge >= 0.3 is 0 Å². The minimum absolute atomic E-state index is 0.0856. The molecule has 0 bridgehead atoms. The number of hydrogen-bond acceptors (Lipinski definition) is 2. The number of hydrogen-bond donors (Lipinski definition) is 1. The van der Waals surface area contributed by atoms with Gasteiger partial charge in [-0.25, -0.2) is 0 Å². The zero-order valence-corrected chi connectivity index (χ0v) is 9.73. The predicted octanol–water partition coefficient (Wildman–Crippen LogP) is 1.90. The van der Waals surface area contributed by atoms with Crippen molar-refractivity contribution in [3.05, 3.63) is 34.2 Å². The first-order chi connectivity index (χ1) is 7.15. The molecule has 0 amide bonds. The van der Waals surface area contributed by atoms with Crippen molar-refractivity contribution in [3.8, 4) is 0 Å². The molecule has 1 aromatic rings. The number of carboxylic acid groups (broad SMARTS) is 1. The summed E-state index contributed by atoms with van der Waals surface area (Å²) in [6, 6.07) is 3.58. The van der Waals surface area contributed by atoms with Crippen molar-refractivity contribution < 1.29 is 9.90 Å². The molecule has 0 atom stereocenters. The second-order valence-electron chi connectivity index (χ2n) is 2.43. The summed E-state index contributed by atoms with van der Waals surface area (Å²) in [5, 5.41) is 6.89. The highest BCUT2D eigenvalue weighted by Gasteiger charge is 1.90. The van der Waals surface area contributed by atoms with Crippen molar-refractivity contribution in [2.24, 2.45) is 0 Å². The quantitative estimate of drug-likeness (QED) is 0.725. The third-order valence-corrected chi connectivity index (χ3v) is 1.49. The van der Waals surface area contributed by atoms with E-state index in [-0.39, 0.29) is 12.0 Å². The van der Waals surface area contributed by atoms with Crippen LogP contribution in [0.3, 0.4) is 0 Å².